The molecule has 3 radical (unpaired) electrons. The van der Waals surface area contributed by atoms with Crippen LogP contribution in [0.5, 0.6) is 0 Å². The molecule has 0 unspecified atom stereocenters. The van der Waals surface area contributed by atoms with Crippen LogP contribution in [0.3, 0.4) is 0 Å². The van der Waals surface area contributed by atoms with E-state index in [2.05, 4.69) is 17.0 Å². The van der Waals surface area contributed by atoms with E-state index in [1.165, 1.54) is 12.3 Å². The number of aryl methyl sites for hydroxylation is 1. The first-order valence-electron chi connectivity index (χ1n) is 4.69. The van der Waals surface area contributed by atoms with Gasteiger partial charge in [-0.3, -0.25) is 4.73 Å². The summed E-state index contributed by atoms with van der Waals surface area (Å²) < 4.78 is 0.853. The third-order valence-corrected chi connectivity index (χ3v) is 1.72. The molecule has 0 saturated carbocycles. The van der Waals surface area contributed by atoms with Crippen molar-refractivity contribution in [3.8, 4) is 0 Å². The monoisotopic (exact) mass is 299 g/mol. The van der Waals surface area contributed by atoms with Gasteiger partial charge in [0, 0.05) is 38.2 Å². The van der Waals surface area contributed by atoms with E-state index < -0.39 is 0 Å². The van der Waals surface area contributed by atoms with Crippen molar-refractivity contribution in [2.45, 2.75) is 6.92 Å². The minimum Gasteiger partial charge on any atom is -0.450 e. The quantitative estimate of drug-likeness (QED) is 0.444. The Hall–Kier alpha value is -0.861. The molecule has 1 N–H and O–H groups in total. The molecule has 1 heterocycles. The Morgan fingerprint density at radius 2 is 1.94 bits per heavy atom. The van der Waals surface area contributed by atoms with Crippen molar-refractivity contribution in [2.24, 2.45) is 4.90 Å². The number of pyridine rings is 1. The summed E-state index contributed by atoms with van der Waals surface area (Å²) in [4.78, 5) is 3.29. The zero-order valence-electron chi connectivity index (χ0n) is 9.54. The molecule has 0 aliphatic carbocycles. The van der Waals surface area contributed by atoms with Gasteiger partial charge in [0.1, 0.15) is 0 Å². The summed E-state index contributed by atoms with van der Waals surface area (Å²) >= 11 is 0. The standard InChI is InChI=1S/C6H6BN2O.C6H5.Y/c1-5-2-3-6(8-7)9(10)4-5;1-2-4-6-5-3-1;/h3-4,10H,1H3;1-5H;/q2*-1;/b8-6+;;. The molecule has 3 nitrogen and oxygen atoms in total. The average molecular weight is 299 g/mol. The maximum atomic E-state index is 9.01. The van der Waals surface area contributed by atoms with Gasteiger partial charge < -0.3 is 10.1 Å². The van der Waals surface area contributed by atoms with Crippen LogP contribution < -0.4 is 5.49 Å². The van der Waals surface area contributed by atoms with E-state index in [0.717, 1.165) is 10.3 Å². The van der Waals surface area contributed by atoms with Gasteiger partial charge in [-0.2, -0.15) is 42.5 Å². The SMILES string of the molecule is [B]/N=c1\c[c-]c(C)cn1O.[Y].[c-]1ccccc1. The minimum absolute atomic E-state index is 0. The molecule has 1 aromatic heterocycles. The second-order valence-corrected chi connectivity index (χ2v) is 3.01. The molecule has 0 spiro atoms. The van der Waals surface area contributed by atoms with Crippen molar-refractivity contribution in [3.05, 3.63) is 65.8 Å². The first-order valence-corrected chi connectivity index (χ1v) is 4.69. The Morgan fingerprint density at radius 3 is 2.29 bits per heavy atom. The Bertz CT molecular complexity index is 459. The molecule has 5 heteroatoms. The zero-order chi connectivity index (χ0) is 11.8. The Morgan fingerprint density at radius 1 is 1.29 bits per heavy atom. The fraction of sp³-hybridized carbons (Fsp3) is 0.0833. The summed E-state index contributed by atoms with van der Waals surface area (Å²) in [5.41, 5.74) is 1.11. The zero-order valence-corrected chi connectivity index (χ0v) is 12.4. The second-order valence-electron chi connectivity index (χ2n) is 3.01. The molecule has 0 atom stereocenters. The van der Waals surface area contributed by atoms with Gasteiger partial charge in [-0.15, -0.1) is 11.6 Å². The van der Waals surface area contributed by atoms with Gasteiger partial charge in [-0.25, -0.2) is 0 Å². The number of hydrogen-bond acceptors (Lipinski definition) is 2. The van der Waals surface area contributed by atoms with E-state index in [-0.39, 0.29) is 38.2 Å². The fourth-order valence-corrected chi connectivity index (χ4v) is 0.970. The molecule has 17 heavy (non-hydrogen) atoms. The van der Waals surface area contributed by atoms with Crippen LogP contribution in [-0.4, -0.2) is 17.9 Å². The summed E-state index contributed by atoms with van der Waals surface area (Å²) in [6.07, 6.45) is 1.48. The summed E-state index contributed by atoms with van der Waals surface area (Å²) in [5, 5.41) is 9.01. The van der Waals surface area contributed by atoms with Crippen LogP contribution in [0.2, 0.25) is 0 Å². The van der Waals surface area contributed by atoms with Crippen molar-refractivity contribution >= 4 is 7.98 Å². The molecule has 0 bridgehead atoms. The third kappa shape index (κ3) is 6.44. The molecule has 0 saturated heterocycles. The molecule has 0 aliphatic rings. The van der Waals surface area contributed by atoms with E-state index in [9.17, 15) is 0 Å². The predicted molar refractivity (Wildman–Crippen MR) is 61.8 cm³/mol. The van der Waals surface area contributed by atoms with Gasteiger partial charge in [-0.1, -0.05) is 13.1 Å². The first-order chi connectivity index (χ1) is 7.74. The maximum absolute atomic E-state index is 9.01. The molecular formula is C12H11BN2OY-2. The topological polar surface area (TPSA) is 37.5 Å². The number of rotatable bonds is 0. The van der Waals surface area contributed by atoms with E-state index in [4.69, 9.17) is 13.2 Å². The molecule has 2 aromatic rings. The molecule has 0 amide bonds. The van der Waals surface area contributed by atoms with Crippen LogP contribution in [0.15, 0.2) is 47.5 Å². The smallest absolute Gasteiger partial charge is 0.239 e. The van der Waals surface area contributed by atoms with Crippen molar-refractivity contribution in [1.29, 1.82) is 0 Å². The third-order valence-electron chi connectivity index (χ3n) is 1.72. The Kier molecular flexibility index (Phi) is 8.73. The average Bonchev–Trinajstić information content (AvgIpc) is 2.32. The largest absolute Gasteiger partial charge is 0.450 e. The van der Waals surface area contributed by atoms with Crippen molar-refractivity contribution in [3.63, 3.8) is 0 Å². The Balaban J connectivity index is 0.000000316. The maximum Gasteiger partial charge on any atom is 0.239 e. The summed E-state index contributed by atoms with van der Waals surface area (Å²) in [5.74, 6) is 0. The first kappa shape index (κ1) is 16.1. The summed E-state index contributed by atoms with van der Waals surface area (Å²) in [7, 11) is 4.92. The van der Waals surface area contributed by atoms with Gasteiger partial charge in [0.25, 0.3) is 0 Å². The number of aromatic nitrogens is 1. The number of benzene rings is 1. The van der Waals surface area contributed by atoms with Crippen molar-refractivity contribution < 1.29 is 37.9 Å². The van der Waals surface area contributed by atoms with Crippen LogP contribution in [0.4, 0.5) is 0 Å². The van der Waals surface area contributed by atoms with Crippen LogP contribution in [0.25, 0.3) is 0 Å². The van der Waals surface area contributed by atoms with Gasteiger partial charge in [-0.05, 0) is 0 Å². The van der Waals surface area contributed by atoms with Crippen LogP contribution in [0, 0.1) is 19.1 Å². The van der Waals surface area contributed by atoms with E-state index in [1.807, 2.05) is 37.3 Å². The fourth-order valence-electron chi connectivity index (χ4n) is 0.970. The normalized spacial score (nSPS) is 9.82. The molecule has 2 rings (SSSR count). The van der Waals surface area contributed by atoms with Gasteiger partial charge in [0.15, 0.2) is 0 Å². The molecule has 1 aromatic carbocycles. The van der Waals surface area contributed by atoms with E-state index in [1.54, 1.807) is 0 Å². The molecule has 0 fully saturated rings. The molecule has 0 aliphatic heterocycles. The molecular weight excluding hydrogens is 288 g/mol. The van der Waals surface area contributed by atoms with Gasteiger partial charge in [0.2, 0.25) is 7.98 Å². The second kappa shape index (κ2) is 9.20. The summed E-state index contributed by atoms with van der Waals surface area (Å²) in [6.45, 7) is 1.81. The number of hydrogen-bond donors (Lipinski definition) is 1. The predicted octanol–water partition coefficient (Wildman–Crippen LogP) is 1.30. The van der Waals surface area contributed by atoms with Crippen LogP contribution >= 0.6 is 0 Å². The summed E-state index contributed by atoms with van der Waals surface area (Å²) in [6, 6.07) is 16.8. The molecule has 83 valence electrons. The van der Waals surface area contributed by atoms with Gasteiger partial charge >= 0.3 is 0 Å². The van der Waals surface area contributed by atoms with Gasteiger partial charge in [0.05, 0.1) is 0 Å². The number of nitrogens with zero attached hydrogens (tertiary/aromatic N) is 2. The van der Waals surface area contributed by atoms with E-state index >= 15 is 0 Å². The minimum atomic E-state index is 0. The van der Waals surface area contributed by atoms with Crippen molar-refractivity contribution in [1.82, 2.24) is 4.73 Å². The Labute approximate surface area is 127 Å². The van der Waals surface area contributed by atoms with Crippen molar-refractivity contribution in [2.75, 3.05) is 0 Å². The van der Waals surface area contributed by atoms with Crippen LogP contribution in [0.1, 0.15) is 5.56 Å². The van der Waals surface area contributed by atoms with E-state index in [0.29, 0.717) is 0 Å². The van der Waals surface area contributed by atoms with Crippen LogP contribution in [-0.2, 0) is 32.7 Å².